The largest absolute Gasteiger partial charge is 0.352 e. The van der Waals surface area contributed by atoms with Gasteiger partial charge in [0.25, 0.3) is 0 Å². The lowest BCUT2D eigenvalue weighted by atomic mass is 10.0. The Labute approximate surface area is 122 Å². The number of carbonyl (C=O) groups is 1. The third-order valence-electron chi connectivity index (χ3n) is 3.71. The highest BCUT2D eigenvalue weighted by atomic mass is 32.2. The van der Waals surface area contributed by atoms with Crippen LogP contribution in [-0.4, -0.2) is 52.7 Å². The van der Waals surface area contributed by atoms with Gasteiger partial charge in [0.15, 0.2) is 0 Å². The maximum absolute atomic E-state index is 12.0. The van der Waals surface area contributed by atoms with Crippen molar-refractivity contribution < 1.29 is 4.79 Å². The average Bonchev–Trinajstić information content (AvgIpc) is 3.03. The van der Waals surface area contributed by atoms with Gasteiger partial charge in [-0.25, -0.2) is 9.97 Å². The second-order valence-corrected chi connectivity index (χ2v) is 6.12. The van der Waals surface area contributed by atoms with Crippen molar-refractivity contribution in [2.45, 2.75) is 24.9 Å². The van der Waals surface area contributed by atoms with Crippen LogP contribution in [0.15, 0.2) is 18.5 Å². The molecule has 2 fully saturated rings. The van der Waals surface area contributed by atoms with E-state index in [1.165, 1.54) is 0 Å². The minimum Gasteiger partial charge on any atom is -0.352 e. The van der Waals surface area contributed by atoms with Crippen molar-refractivity contribution in [3.8, 4) is 0 Å². The molecule has 1 unspecified atom stereocenters. The van der Waals surface area contributed by atoms with E-state index in [2.05, 4.69) is 25.5 Å². The number of hydrogen-bond donors (Lipinski definition) is 2. The highest BCUT2D eigenvalue weighted by Crippen LogP contribution is 2.16. The van der Waals surface area contributed by atoms with E-state index in [4.69, 9.17) is 0 Å². The van der Waals surface area contributed by atoms with Crippen LogP contribution in [0.4, 0.5) is 5.95 Å². The summed E-state index contributed by atoms with van der Waals surface area (Å²) in [5.41, 5.74) is 0. The molecule has 0 bridgehead atoms. The highest BCUT2D eigenvalue weighted by Gasteiger charge is 2.27. The van der Waals surface area contributed by atoms with E-state index in [0.29, 0.717) is 0 Å². The number of piperidine rings is 1. The quantitative estimate of drug-likeness (QED) is 0.831. The van der Waals surface area contributed by atoms with Crippen LogP contribution in [0.3, 0.4) is 0 Å². The molecule has 3 heterocycles. The molecular weight excluding hydrogens is 274 g/mol. The predicted molar refractivity (Wildman–Crippen MR) is 79.7 cm³/mol. The first kappa shape index (κ1) is 13.6. The van der Waals surface area contributed by atoms with Crippen molar-refractivity contribution in [1.82, 2.24) is 20.6 Å². The zero-order valence-corrected chi connectivity index (χ0v) is 12.1. The summed E-state index contributed by atoms with van der Waals surface area (Å²) < 4.78 is 0. The number of anilines is 1. The lowest BCUT2D eigenvalue weighted by Gasteiger charge is -2.32. The Hall–Kier alpha value is -1.34. The SMILES string of the molecule is O=C(NC1CCN(c2ncccn2)CC1)C1CSCN1. The Morgan fingerprint density at radius 2 is 2.10 bits per heavy atom. The van der Waals surface area contributed by atoms with Crippen molar-refractivity contribution in [3.05, 3.63) is 18.5 Å². The molecule has 1 amide bonds. The van der Waals surface area contributed by atoms with Crippen LogP contribution in [0.2, 0.25) is 0 Å². The molecule has 0 aliphatic carbocycles. The van der Waals surface area contributed by atoms with Crippen molar-refractivity contribution >= 4 is 23.6 Å². The van der Waals surface area contributed by atoms with Gasteiger partial charge in [-0.05, 0) is 18.9 Å². The van der Waals surface area contributed by atoms with Crippen LogP contribution in [0.25, 0.3) is 0 Å². The van der Waals surface area contributed by atoms with Crippen molar-refractivity contribution in [1.29, 1.82) is 0 Å². The molecule has 2 saturated heterocycles. The molecule has 7 heteroatoms. The number of rotatable bonds is 3. The van der Waals surface area contributed by atoms with E-state index < -0.39 is 0 Å². The molecule has 0 radical (unpaired) electrons. The molecule has 2 aliphatic rings. The first-order valence-corrected chi connectivity index (χ1v) is 8.12. The Bertz CT molecular complexity index is 443. The first-order valence-electron chi connectivity index (χ1n) is 6.96. The lowest BCUT2D eigenvalue weighted by molar-refractivity contribution is -0.123. The first-order chi connectivity index (χ1) is 9.83. The van der Waals surface area contributed by atoms with E-state index in [1.54, 1.807) is 24.2 Å². The van der Waals surface area contributed by atoms with Gasteiger partial charge in [-0.2, -0.15) is 0 Å². The molecule has 3 rings (SSSR count). The van der Waals surface area contributed by atoms with Gasteiger partial charge in [-0.3, -0.25) is 10.1 Å². The summed E-state index contributed by atoms with van der Waals surface area (Å²) in [6.07, 6.45) is 5.42. The van der Waals surface area contributed by atoms with E-state index in [9.17, 15) is 4.79 Å². The molecule has 1 aromatic rings. The summed E-state index contributed by atoms with van der Waals surface area (Å²) in [7, 11) is 0. The second-order valence-electron chi connectivity index (χ2n) is 5.09. The van der Waals surface area contributed by atoms with E-state index >= 15 is 0 Å². The fraction of sp³-hybridized carbons (Fsp3) is 0.615. The van der Waals surface area contributed by atoms with Gasteiger partial charge in [0.2, 0.25) is 11.9 Å². The summed E-state index contributed by atoms with van der Waals surface area (Å²) in [6.45, 7) is 1.78. The van der Waals surface area contributed by atoms with Crippen LogP contribution in [-0.2, 0) is 4.79 Å². The van der Waals surface area contributed by atoms with Crippen molar-refractivity contribution in [3.63, 3.8) is 0 Å². The zero-order chi connectivity index (χ0) is 13.8. The molecule has 2 aliphatic heterocycles. The van der Waals surface area contributed by atoms with E-state index in [-0.39, 0.29) is 18.0 Å². The molecule has 6 nitrogen and oxygen atoms in total. The average molecular weight is 293 g/mol. The predicted octanol–water partition coefficient (Wildman–Crippen LogP) is 0.224. The van der Waals surface area contributed by atoms with Gasteiger partial charge in [-0.1, -0.05) is 0 Å². The molecule has 1 atom stereocenters. The summed E-state index contributed by atoms with van der Waals surface area (Å²) >= 11 is 1.77. The van der Waals surface area contributed by atoms with Gasteiger partial charge in [-0.15, -0.1) is 11.8 Å². The molecule has 2 N–H and O–H groups in total. The van der Waals surface area contributed by atoms with Crippen molar-refractivity contribution in [2.24, 2.45) is 0 Å². The number of thioether (sulfide) groups is 1. The Morgan fingerprint density at radius 3 is 2.75 bits per heavy atom. The van der Waals surface area contributed by atoms with Gasteiger partial charge < -0.3 is 10.2 Å². The van der Waals surface area contributed by atoms with Crippen LogP contribution >= 0.6 is 11.8 Å². The smallest absolute Gasteiger partial charge is 0.238 e. The number of amides is 1. The molecule has 0 aromatic carbocycles. The summed E-state index contributed by atoms with van der Waals surface area (Å²) in [4.78, 5) is 22.7. The summed E-state index contributed by atoms with van der Waals surface area (Å²) in [5, 5.41) is 6.35. The van der Waals surface area contributed by atoms with E-state index in [0.717, 1.165) is 43.5 Å². The van der Waals surface area contributed by atoms with Gasteiger partial charge in [0.1, 0.15) is 0 Å². The zero-order valence-electron chi connectivity index (χ0n) is 11.3. The number of nitrogens with one attached hydrogen (secondary N) is 2. The lowest BCUT2D eigenvalue weighted by Crippen LogP contribution is -2.50. The van der Waals surface area contributed by atoms with Crippen LogP contribution in [0.1, 0.15) is 12.8 Å². The third kappa shape index (κ3) is 3.21. The maximum atomic E-state index is 12.0. The van der Waals surface area contributed by atoms with Gasteiger partial charge in [0.05, 0.1) is 6.04 Å². The molecule has 1 aromatic heterocycles. The van der Waals surface area contributed by atoms with Crippen LogP contribution in [0, 0.1) is 0 Å². The Kier molecular flexibility index (Phi) is 4.37. The van der Waals surface area contributed by atoms with Crippen molar-refractivity contribution in [2.75, 3.05) is 29.6 Å². The molecule has 0 spiro atoms. The normalized spacial score (nSPS) is 23.8. The topological polar surface area (TPSA) is 70.2 Å². The molecular formula is C13H19N5OS. The fourth-order valence-electron chi connectivity index (χ4n) is 2.54. The molecule has 0 saturated carbocycles. The number of hydrogen-bond acceptors (Lipinski definition) is 6. The second kappa shape index (κ2) is 6.41. The van der Waals surface area contributed by atoms with Gasteiger partial charge >= 0.3 is 0 Å². The monoisotopic (exact) mass is 293 g/mol. The van der Waals surface area contributed by atoms with E-state index in [1.807, 2.05) is 6.07 Å². The number of aromatic nitrogens is 2. The highest BCUT2D eigenvalue weighted by molar-refractivity contribution is 7.99. The van der Waals surface area contributed by atoms with Crippen LogP contribution < -0.4 is 15.5 Å². The summed E-state index contributed by atoms with van der Waals surface area (Å²) in [6, 6.07) is 2.08. The summed E-state index contributed by atoms with van der Waals surface area (Å²) in [5.74, 6) is 2.68. The minimum atomic E-state index is -0.0181. The van der Waals surface area contributed by atoms with Gasteiger partial charge in [0, 0.05) is 43.2 Å². The standard InChI is InChI=1S/C13H19N5OS/c19-12(11-8-20-9-16-11)17-10-2-6-18(7-3-10)13-14-4-1-5-15-13/h1,4-5,10-11,16H,2-3,6-9H2,(H,17,19). The minimum absolute atomic E-state index is 0.0181. The molecule has 20 heavy (non-hydrogen) atoms. The Balaban J connectivity index is 1.47. The molecule has 108 valence electrons. The Morgan fingerprint density at radius 1 is 1.35 bits per heavy atom. The van der Waals surface area contributed by atoms with Crippen LogP contribution in [0.5, 0.6) is 0 Å². The number of carbonyl (C=O) groups excluding carboxylic acids is 1. The number of nitrogens with zero attached hydrogens (tertiary/aromatic N) is 3. The third-order valence-corrected chi connectivity index (χ3v) is 4.65. The fourth-order valence-corrected chi connectivity index (χ4v) is 3.49. The maximum Gasteiger partial charge on any atom is 0.238 e.